The molecule has 6 rings (SSSR count). The summed E-state index contributed by atoms with van der Waals surface area (Å²) >= 11 is 3.44. The third-order valence-electron chi connectivity index (χ3n) is 9.34. The third-order valence-corrected chi connectivity index (χ3v) is 10.1. The predicted octanol–water partition coefficient (Wildman–Crippen LogP) is 5.66. The SMILES string of the molecule is CN(C)Cc1nc(N)ccc1C1(O)CCOC1.CN(C)Cc1nc(NC(=O)OC(C)(C)C)ccc1Br.CN(C)Cc1nc(NC(=O)OC(C)(C)C)ccc1C1(O)CCOC1.O=C1CCOC1. The van der Waals surface area contributed by atoms with Crippen LogP contribution in [0.4, 0.5) is 27.0 Å². The first-order chi connectivity index (χ1) is 30.7. The average molecular weight is 991 g/mol. The maximum atomic E-state index is 11.9. The van der Waals surface area contributed by atoms with Crippen molar-refractivity contribution in [2.45, 2.75) is 103 Å². The number of hydrogen-bond acceptors (Lipinski definition) is 17. The van der Waals surface area contributed by atoms with Crippen molar-refractivity contribution in [1.82, 2.24) is 29.7 Å². The number of hydrogen-bond donors (Lipinski definition) is 5. The zero-order valence-electron chi connectivity index (χ0n) is 40.7. The quantitative estimate of drug-likeness (QED) is 0.165. The second kappa shape index (κ2) is 25.1. The molecule has 6 heterocycles. The van der Waals surface area contributed by atoms with E-state index in [4.69, 9.17) is 29.4 Å². The minimum atomic E-state index is -1.03. The summed E-state index contributed by atoms with van der Waals surface area (Å²) < 4.78 is 26.7. The molecular formula is C46H72BrN9O10. The number of pyridine rings is 3. The number of nitrogen functional groups attached to an aromatic ring is 1. The van der Waals surface area contributed by atoms with Crippen molar-refractivity contribution >= 4 is 51.4 Å². The number of nitrogens with zero attached hydrogens (tertiary/aromatic N) is 6. The van der Waals surface area contributed by atoms with E-state index in [2.05, 4.69) is 41.5 Å². The van der Waals surface area contributed by atoms with Crippen molar-refractivity contribution in [3.05, 3.63) is 69.1 Å². The van der Waals surface area contributed by atoms with Gasteiger partial charge in [0, 0.05) is 67.7 Å². The predicted molar refractivity (Wildman–Crippen MR) is 256 cm³/mol. The lowest BCUT2D eigenvalue weighted by molar-refractivity contribution is -0.117. The average Bonchev–Trinajstić information content (AvgIpc) is 3.95. The molecule has 66 heavy (non-hydrogen) atoms. The normalized spacial score (nSPS) is 19.3. The minimum absolute atomic E-state index is 0.231. The summed E-state index contributed by atoms with van der Waals surface area (Å²) in [4.78, 5) is 52.9. The molecule has 19 nitrogen and oxygen atoms in total. The Morgan fingerprint density at radius 2 is 1.11 bits per heavy atom. The fraction of sp³-hybridized carbons (Fsp3) is 0.609. The van der Waals surface area contributed by atoms with E-state index in [-0.39, 0.29) is 12.4 Å². The smallest absolute Gasteiger partial charge is 0.413 e. The molecule has 3 aliphatic rings. The molecule has 0 saturated carbocycles. The van der Waals surface area contributed by atoms with Gasteiger partial charge in [-0.05, 0) is 124 Å². The first-order valence-electron chi connectivity index (χ1n) is 21.7. The molecule has 0 radical (unpaired) electrons. The summed E-state index contributed by atoms with van der Waals surface area (Å²) in [7, 11) is 11.7. The highest BCUT2D eigenvalue weighted by Crippen LogP contribution is 2.34. The van der Waals surface area contributed by atoms with Crippen molar-refractivity contribution in [2.75, 3.05) is 98.3 Å². The lowest BCUT2D eigenvalue weighted by Gasteiger charge is -2.25. The Balaban J connectivity index is 0.000000249. The molecule has 0 bridgehead atoms. The summed E-state index contributed by atoms with van der Waals surface area (Å²) in [5.74, 6) is 1.59. The molecule has 3 fully saturated rings. The number of aliphatic hydroxyl groups is 2. The Kier molecular flexibility index (Phi) is 21.3. The molecule has 2 atom stereocenters. The van der Waals surface area contributed by atoms with Crippen molar-refractivity contribution in [2.24, 2.45) is 0 Å². The first-order valence-corrected chi connectivity index (χ1v) is 22.5. The van der Waals surface area contributed by atoms with Crippen LogP contribution in [0.5, 0.6) is 0 Å². The summed E-state index contributed by atoms with van der Waals surface area (Å²) in [6.07, 6.45) is 0.715. The Bertz CT molecular complexity index is 2040. The Hall–Kier alpha value is -4.38. The molecule has 2 amide bonds. The minimum Gasteiger partial charge on any atom is -0.444 e. The van der Waals surface area contributed by atoms with Crippen LogP contribution in [0.2, 0.25) is 0 Å². The van der Waals surface area contributed by atoms with Crippen molar-refractivity contribution in [1.29, 1.82) is 0 Å². The molecule has 6 N–H and O–H groups in total. The van der Waals surface area contributed by atoms with Gasteiger partial charge < -0.3 is 54.3 Å². The fourth-order valence-corrected chi connectivity index (χ4v) is 6.88. The highest BCUT2D eigenvalue weighted by molar-refractivity contribution is 9.10. The Labute approximate surface area is 398 Å². The van der Waals surface area contributed by atoms with Crippen LogP contribution in [0, 0.1) is 0 Å². The summed E-state index contributed by atoms with van der Waals surface area (Å²) in [6, 6.07) is 10.6. The first kappa shape index (κ1) is 55.9. The number of Topliss-reactive ketones (excluding diaryl/α,β-unsaturated/α-hetero) is 1. The molecule has 0 aliphatic carbocycles. The maximum Gasteiger partial charge on any atom is 0.413 e. The molecule has 368 valence electrons. The maximum absolute atomic E-state index is 11.9. The number of nitrogens with one attached hydrogen (secondary N) is 2. The second-order valence-corrected chi connectivity index (χ2v) is 19.9. The van der Waals surface area contributed by atoms with Gasteiger partial charge in [0.2, 0.25) is 0 Å². The Morgan fingerprint density at radius 3 is 1.48 bits per heavy atom. The van der Waals surface area contributed by atoms with Crippen LogP contribution in [0.3, 0.4) is 0 Å². The lowest BCUT2D eigenvalue weighted by atomic mass is 9.91. The van der Waals surface area contributed by atoms with Gasteiger partial charge in [-0.15, -0.1) is 0 Å². The van der Waals surface area contributed by atoms with Crippen LogP contribution in [0.1, 0.15) is 89.0 Å². The number of anilines is 3. The summed E-state index contributed by atoms with van der Waals surface area (Å²) in [5, 5.41) is 26.6. The van der Waals surface area contributed by atoms with Crippen LogP contribution >= 0.6 is 15.9 Å². The zero-order chi connectivity index (χ0) is 49.5. The van der Waals surface area contributed by atoms with Gasteiger partial charge in [-0.25, -0.2) is 24.5 Å². The van der Waals surface area contributed by atoms with E-state index in [0.29, 0.717) is 95.1 Å². The number of halogens is 1. The number of carbonyl (C=O) groups is 3. The number of ether oxygens (including phenoxy) is 5. The van der Waals surface area contributed by atoms with Gasteiger partial charge in [0.15, 0.2) is 5.78 Å². The fourth-order valence-electron chi connectivity index (χ4n) is 6.53. The highest BCUT2D eigenvalue weighted by Gasteiger charge is 2.38. The molecule has 3 aromatic rings. The van der Waals surface area contributed by atoms with E-state index in [1.54, 1.807) is 45.0 Å². The number of carbonyl (C=O) groups excluding carboxylic acids is 3. The third kappa shape index (κ3) is 19.8. The summed E-state index contributed by atoms with van der Waals surface area (Å²) in [6.45, 7) is 15.4. The van der Waals surface area contributed by atoms with Gasteiger partial charge in [0.1, 0.15) is 46.5 Å². The molecule has 3 aliphatic heterocycles. The topological polar surface area (TPSA) is 236 Å². The molecule has 0 spiro atoms. The van der Waals surface area contributed by atoms with E-state index in [1.807, 2.05) is 89.9 Å². The molecular weight excluding hydrogens is 918 g/mol. The second-order valence-electron chi connectivity index (χ2n) is 19.0. The van der Waals surface area contributed by atoms with Crippen LogP contribution in [0.25, 0.3) is 0 Å². The molecule has 20 heteroatoms. The largest absolute Gasteiger partial charge is 0.444 e. The molecule has 3 aromatic heterocycles. The van der Waals surface area contributed by atoms with Crippen molar-refractivity contribution in [3.8, 4) is 0 Å². The van der Waals surface area contributed by atoms with Gasteiger partial charge >= 0.3 is 12.2 Å². The van der Waals surface area contributed by atoms with E-state index in [0.717, 1.165) is 27.0 Å². The van der Waals surface area contributed by atoms with E-state index in [1.165, 1.54) is 0 Å². The number of ketones is 1. The van der Waals surface area contributed by atoms with Crippen LogP contribution in [-0.4, -0.2) is 151 Å². The molecule has 2 unspecified atom stereocenters. The number of nitrogens with two attached hydrogens (primary N) is 1. The Morgan fingerprint density at radius 1 is 0.682 bits per heavy atom. The van der Waals surface area contributed by atoms with E-state index >= 15 is 0 Å². The van der Waals surface area contributed by atoms with Crippen LogP contribution in [-0.2, 0) is 59.3 Å². The van der Waals surface area contributed by atoms with Gasteiger partial charge in [0.05, 0.1) is 36.9 Å². The van der Waals surface area contributed by atoms with E-state index < -0.39 is 34.6 Å². The number of aromatic nitrogens is 3. The van der Waals surface area contributed by atoms with Crippen LogP contribution < -0.4 is 16.4 Å². The van der Waals surface area contributed by atoms with Crippen molar-refractivity contribution in [3.63, 3.8) is 0 Å². The van der Waals surface area contributed by atoms with Crippen molar-refractivity contribution < 1.29 is 48.3 Å². The van der Waals surface area contributed by atoms with Gasteiger partial charge in [-0.3, -0.25) is 15.4 Å². The lowest BCUT2D eigenvalue weighted by Crippen LogP contribution is -2.30. The van der Waals surface area contributed by atoms with Gasteiger partial charge in [-0.1, -0.05) is 12.1 Å². The zero-order valence-corrected chi connectivity index (χ0v) is 42.3. The van der Waals surface area contributed by atoms with Gasteiger partial charge in [-0.2, -0.15) is 0 Å². The highest BCUT2D eigenvalue weighted by atomic mass is 79.9. The van der Waals surface area contributed by atoms with Gasteiger partial charge in [0.25, 0.3) is 0 Å². The van der Waals surface area contributed by atoms with Crippen LogP contribution in [0.15, 0.2) is 40.9 Å². The number of amides is 2. The standard InChI is InChI=1S/C17H27N3O4.C13H20BrN3O2.C12H19N3O2.C4H6O2/c1-16(2,3)24-15(21)19-14-7-6-12(13(18-14)10-20(4)5)17(22)8-9-23-11-17;1-13(2,3)19-12(18)16-11-7-6-9(14)10(15-11)8-17(4)5;1-15(2)7-10-9(3-4-11(13)14-10)12(16)5-6-17-8-12;5-4-1-2-6-3-4/h6-7,22H,8-11H2,1-5H3,(H,18,19,21);6-7H,8H2,1-5H3,(H,15,16,18);3-4,16H,5-8H2,1-2H3,(H2,13,14);1-3H2. The molecule has 0 aromatic carbocycles. The summed E-state index contributed by atoms with van der Waals surface area (Å²) in [5.41, 5.74) is 6.63. The van der Waals surface area contributed by atoms with E-state index in [9.17, 15) is 24.6 Å². The molecule has 3 saturated heterocycles. The number of rotatable bonds is 10. The monoisotopic (exact) mass is 989 g/mol.